The molecule has 1 aromatic heterocycles. The van der Waals surface area contributed by atoms with Crippen LogP contribution in [0.1, 0.15) is 31.2 Å². The van der Waals surface area contributed by atoms with Crippen molar-refractivity contribution >= 4 is 17.4 Å². The molecule has 2 rings (SSSR count). The summed E-state index contributed by atoms with van der Waals surface area (Å²) in [6.07, 6.45) is 5.08. The van der Waals surface area contributed by atoms with Gasteiger partial charge in [-0.25, -0.2) is 4.98 Å². The summed E-state index contributed by atoms with van der Waals surface area (Å²) in [6, 6.07) is 1.65. The van der Waals surface area contributed by atoms with E-state index in [-0.39, 0.29) is 17.0 Å². The Hall–Kier alpha value is -2.18. The number of nitro groups is 1. The second-order valence-electron chi connectivity index (χ2n) is 6.15. The molecule has 7 heteroatoms. The maximum atomic E-state index is 12.5. The largest absolute Gasteiger partial charge is 0.369 e. The lowest BCUT2D eigenvalue weighted by Crippen LogP contribution is -2.43. The second-order valence-corrected chi connectivity index (χ2v) is 6.15. The van der Waals surface area contributed by atoms with Crippen LogP contribution in [0.4, 0.5) is 11.5 Å². The van der Waals surface area contributed by atoms with Crippen LogP contribution in [-0.2, 0) is 4.79 Å². The van der Waals surface area contributed by atoms with E-state index in [4.69, 9.17) is 0 Å². The summed E-state index contributed by atoms with van der Waals surface area (Å²) in [6.45, 7) is 2.19. The molecule has 1 fully saturated rings. The van der Waals surface area contributed by atoms with Gasteiger partial charge in [0.2, 0.25) is 5.91 Å². The molecule has 1 amide bonds. The Morgan fingerprint density at radius 1 is 1.45 bits per heavy atom. The summed E-state index contributed by atoms with van der Waals surface area (Å²) in [5.41, 5.74) is 0.174. The van der Waals surface area contributed by atoms with E-state index in [0.717, 1.165) is 25.7 Å². The van der Waals surface area contributed by atoms with E-state index in [0.29, 0.717) is 17.9 Å². The number of hydrogen-bond donors (Lipinski definition) is 1. The molecule has 1 N–H and O–H groups in total. The minimum Gasteiger partial charge on any atom is -0.369 e. The smallest absolute Gasteiger partial charge is 0.290 e. The van der Waals surface area contributed by atoms with Crippen LogP contribution in [0.25, 0.3) is 0 Å². The number of nitrogens with zero attached hydrogens (tertiary/aromatic N) is 3. The minimum absolute atomic E-state index is 0.00509. The molecule has 0 radical (unpaired) electrons. The molecule has 1 saturated carbocycles. The fraction of sp³-hybridized carbons (Fsp3) is 0.600. The number of nitrogens with one attached hydrogen (secondary N) is 1. The molecule has 1 heterocycles. The zero-order valence-corrected chi connectivity index (χ0v) is 13.3. The van der Waals surface area contributed by atoms with Gasteiger partial charge < -0.3 is 10.2 Å². The molecular formula is C15H22N4O3. The summed E-state index contributed by atoms with van der Waals surface area (Å²) < 4.78 is 0. The molecule has 0 saturated heterocycles. The lowest BCUT2D eigenvalue weighted by molar-refractivity contribution is -0.385. The first kappa shape index (κ1) is 16.2. The summed E-state index contributed by atoms with van der Waals surface area (Å²) in [5, 5.41) is 14.0. The third kappa shape index (κ3) is 3.18. The standard InChI is InChI=1S/C15H22N4O3/c1-11-8-13(16-9-12(11)19(21)22)17-10-15(6-4-5-7-15)14(20)18(2)3/h8-9H,4-7,10H2,1-3H3,(H,16,17). The van der Waals surface area contributed by atoms with E-state index in [2.05, 4.69) is 10.3 Å². The maximum Gasteiger partial charge on any atom is 0.290 e. The minimum atomic E-state index is -0.444. The van der Waals surface area contributed by atoms with Gasteiger partial charge in [-0.3, -0.25) is 14.9 Å². The van der Waals surface area contributed by atoms with Crippen molar-refractivity contribution in [1.82, 2.24) is 9.88 Å². The van der Waals surface area contributed by atoms with E-state index >= 15 is 0 Å². The molecule has 22 heavy (non-hydrogen) atoms. The van der Waals surface area contributed by atoms with E-state index in [1.165, 1.54) is 6.20 Å². The van der Waals surface area contributed by atoms with Crippen LogP contribution < -0.4 is 5.32 Å². The lowest BCUT2D eigenvalue weighted by atomic mass is 9.84. The van der Waals surface area contributed by atoms with Gasteiger partial charge in [0.25, 0.3) is 5.69 Å². The first-order valence-corrected chi connectivity index (χ1v) is 7.42. The quantitative estimate of drug-likeness (QED) is 0.666. The normalized spacial score (nSPS) is 16.3. The highest BCUT2D eigenvalue weighted by Gasteiger charge is 2.41. The molecule has 0 spiro atoms. The zero-order chi connectivity index (χ0) is 16.3. The molecule has 1 aromatic rings. The molecule has 0 aromatic carbocycles. The van der Waals surface area contributed by atoms with Crippen molar-refractivity contribution in [3.63, 3.8) is 0 Å². The molecule has 1 aliphatic carbocycles. The number of amides is 1. The molecule has 1 aliphatic rings. The zero-order valence-electron chi connectivity index (χ0n) is 13.3. The Morgan fingerprint density at radius 2 is 2.09 bits per heavy atom. The number of hydrogen-bond acceptors (Lipinski definition) is 5. The molecule has 0 unspecified atom stereocenters. The van der Waals surface area contributed by atoms with Crippen LogP contribution in [0, 0.1) is 22.5 Å². The summed E-state index contributed by atoms with van der Waals surface area (Å²) in [5.74, 6) is 0.706. The first-order chi connectivity index (χ1) is 10.4. The monoisotopic (exact) mass is 306 g/mol. The van der Waals surface area contributed by atoms with E-state index < -0.39 is 4.92 Å². The Morgan fingerprint density at radius 3 is 2.59 bits per heavy atom. The molecule has 120 valence electrons. The topological polar surface area (TPSA) is 88.4 Å². The fourth-order valence-corrected chi connectivity index (χ4v) is 3.09. The van der Waals surface area contributed by atoms with Gasteiger partial charge in [0.15, 0.2) is 0 Å². The highest BCUT2D eigenvalue weighted by Crippen LogP contribution is 2.39. The van der Waals surface area contributed by atoms with Crippen LogP contribution in [0.3, 0.4) is 0 Å². The van der Waals surface area contributed by atoms with Crippen molar-refractivity contribution in [2.24, 2.45) is 5.41 Å². The summed E-state index contributed by atoms with van der Waals surface area (Å²) >= 11 is 0. The van der Waals surface area contributed by atoms with Crippen molar-refractivity contribution < 1.29 is 9.72 Å². The van der Waals surface area contributed by atoms with Crippen LogP contribution in [0.15, 0.2) is 12.3 Å². The Labute approximate surface area is 129 Å². The van der Waals surface area contributed by atoms with Gasteiger partial charge in [-0.2, -0.15) is 0 Å². The first-order valence-electron chi connectivity index (χ1n) is 7.42. The molecule has 0 bridgehead atoms. The van der Waals surface area contributed by atoms with E-state index in [1.807, 2.05) is 0 Å². The predicted octanol–water partition coefficient (Wildman–Crippen LogP) is 2.36. The average molecular weight is 306 g/mol. The second kappa shape index (κ2) is 6.29. The van der Waals surface area contributed by atoms with Crippen LogP contribution in [0.2, 0.25) is 0 Å². The molecular weight excluding hydrogens is 284 g/mol. The lowest BCUT2D eigenvalue weighted by Gasteiger charge is -2.31. The van der Waals surface area contributed by atoms with Crippen molar-refractivity contribution in [1.29, 1.82) is 0 Å². The predicted molar refractivity (Wildman–Crippen MR) is 83.7 cm³/mol. The number of carbonyl (C=O) groups is 1. The van der Waals surface area contributed by atoms with Gasteiger partial charge in [-0.05, 0) is 25.8 Å². The van der Waals surface area contributed by atoms with Crippen LogP contribution >= 0.6 is 0 Å². The fourth-order valence-electron chi connectivity index (χ4n) is 3.09. The Balaban J connectivity index is 2.12. The van der Waals surface area contributed by atoms with Gasteiger partial charge in [0, 0.05) is 26.2 Å². The summed E-state index contributed by atoms with van der Waals surface area (Å²) in [7, 11) is 3.55. The molecule has 0 aliphatic heterocycles. The van der Waals surface area contributed by atoms with Crippen molar-refractivity contribution in [2.45, 2.75) is 32.6 Å². The molecule has 0 atom stereocenters. The molecule has 7 nitrogen and oxygen atoms in total. The third-order valence-corrected chi connectivity index (χ3v) is 4.31. The highest BCUT2D eigenvalue weighted by atomic mass is 16.6. The van der Waals surface area contributed by atoms with Crippen molar-refractivity contribution in [3.05, 3.63) is 27.9 Å². The number of pyridine rings is 1. The maximum absolute atomic E-state index is 12.5. The van der Waals surface area contributed by atoms with Gasteiger partial charge in [-0.1, -0.05) is 12.8 Å². The average Bonchev–Trinajstić information content (AvgIpc) is 2.94. The highest BCUT2D eigenvalue weighted by molar-refractivity contribution is 5.83. The van der Waals surface area contributed by atoms with E-state index in [9.17, 15) is 14.9 Å². The summed E-state index contributed by atoms with van der Waals surface area (Å²) in [4.78, 5) is 28.6. The van der Waals surface area contributed by atoms with Gasteiger partial charge >= 0.3 is 0 Å². The number of aromatic nitrogens is 1. The van der Waals surface area contributed by atoms with Crippen LogP contribution in [-0.4, -0.2) is 41.4 Å². The van der Waals surface area contributed by atoms with Crippen molar-refractivity contribution in [3.8, 4) is 0 Å². The van der Waals surface area contributed by atoms with E-state index in [1.54, 1.807) is 32.0 Å². The number of carbonyl (C=O) groups excluding carboxylic acids is 1. The van der Waals surface area contributed by atoms with Crippen molar-refractivity contribution in [2.75, 3.05) is 26.0 Å². The van der Waals surface area contributed by atoms with Gasteiger partial charge in [0.1, 0.15) is 12.0 Å². The van der Waals surface area contributed by atoms with Crippen LogP contribution in [0.5, 0.6) is 0 Å². The number of anilines is 1. The number of aryl methyl sites for hydroxylation is 1. The third-order valence-electron chi connectivity index (χ3n) is 4.31. The Kier molecular flexibility index (Phi) is 4.63. The van der Waals surface area contributed by atoms with Gasteiger partial charge in [0.05, 0.1) is 10.3 Å². The number of rotatable bonds is 5. The van der Waals surface area contributed by atoms with Gasteiger partial charge in [-0.15, -0.1) is 0 Å². The SMILES string of the molecule is Cc1cc(NCC2(C(=O)N(C)C)CCCC2)ncc1[N+](=O)[O-]. The Bertz CT molecular complexity index is 580.